The van der Waals surface area contributed by atoms with E-state index < -0.39 is 37.0 Å². The number of aliphatic hydroxyl groups excluding tert-OH is 2. The molecule has 2 aromatic rings. The third-order valence-electron chi connectivity index (χ3n) is 4.66. The van der Waals surface area contributed by atoms with Crippen LogP contribution in [0.4, 0.5) is 0 Å². The Morgan fingerprint density at radius 1 is 0.885 bits per heavy atom. The van der Waals surface area contributed by atoms with Gasteiger partial charge in [0.1, 0.15) is 24.4 Å². The van der Waals surface area contributed by atoms with Gasteiger partial charge in [-0.2, -0.15) is 0 Å². The van der Waals surface area contributed by atoms with Crippen molar-refractivity contribution < 1.29 is 29.2 Å². The Labute approximate surface area is 151 Å². The number of fused-ring (bicyclic) bond motifs is 1. The fourth-order valence-corrected chi connectivity index (χ4v) is 3.25. The van der Waals surface area contributed by atoms with Crippen molar-refractivity contribution in [2.75, 3.05) is 6.61 Å². The fourth-order valence-electron chi connectivity index (χ4n) is 3.25. The maximum atomic E-state index is 10.5. The lowest BCUT2D eigenvalue weighted by atomic mass is 9.98. The molecule has 2 heterocycles. The van der Waals surface area contributed by atoms with Crippen LogP contribution in [0.2, 0.25) is 0 Å². The quantitative estimate of drug-likeness (QED) is 0.867. The highest BCUT2D eigenvalue weighted by atomic mass is 16.8. The molecule has 2 fully saturated rings. The minimum Gasteiger partial charge on any atom is -0.387 e. The van der Waals surface area contributed by atoms with Crippen molar-refractivity contribution >= 4 is 0 Å². The Bertz CT molecular complexity index is 692. The second-order valence-electron chi connectivity index (χ2n) is 6.50. The van der Waals surface area contributed by atoms with Crippen molar-refractivity contribution in [2.24, 2.45) is 0 Å². The minimum atomic E-state index is -1.20. The van der Waals surface area contributed by atoms with Gasteiger partial charge in [-0.05, 0) is 5.56 Å². The van der Waals surface area contributed by atoms with Gasteiger partial charge in [-0.3, -0.25) is 0 Å². The van der Waals surface area contributed by atoms with E-state index in [1.54, 1.807) is 0 Å². The third kappa shape index (κ3) is 3.66. The molecule has 6 atom stereocenters. The van der Waals surface area contributed by atoms with Crippen LogP contribution in [-0.2, 0) is 25.6 Å². The van der Waals surface area contributed by atoms with Gasteiger partial charge in [0.2, 0.25) is 0 Å². The summed E-state index contributed by atoms with van der Waals surface area (Å²) in [6.07, 6.45) is -5.04. The average molecular weight is 358 g/mol. The molecular weight excluding hydrogens is 336 g/mol. The van der Waals surface area contributed by atoms with E-state index in [9.17, 15) is 10.2 Å². The van der Waals surface area contributed by atoms with Gasteiger partial charge in [0.25, 0.3) is 0 Å². The van der Waals surface area contributed by atoms with Crippen LogP contribution in [0.1, 0.15) is 17.4 Å². The van der Waals surface area contributed by atoms with E-state index in [4.69, 9.17) is 18.9 Å². The molecule has 2 N–H and O–H groups in total. The molecule has 2 saturated heterocycles. The lowest BCUT2D eigenvalue weighted by Gasteiger charge is -2.46. The topological polar surface area (TPSA) is 77.4 Å². The van der Waals surface area contributed by atoms with Crippen LogP contribution in [-0.4, -0.2) is 47.5 Å². The maximum Gasteiger partial charge on any atom is 0.187 e. The first-order valence-corrected chi connectivity index (χ1v) is 8.71. The Kier molecular flexibility index (Phi) is 5.31. The van der Waals surface area contributed by atoms with Crippen LogP contribution in [0.15, 0.2) is 60.7 Å². The normalized spacial score (nSPS) is 34.2. The molecule has 138 valence electrons. The van der Waals surface area contributed by atoms with Gasteiger partial charge in [-0.1, -0.05) is 60.7 Å². The highest BCUT2D eigenvalue weighted by molar-refractivity contribution is 5.17. The summed E-state index contributed by atoms with van der Waals surface area (Å²) in [5, 5.41) is 20.9. The summed E-state index contributed by atoms with van der Waals surface area (Å²) in [4.78, 5) is 0. The van der Waals surface area contributed by atoms with E-state index in [-0.39, 0.29) is 13.2 Å². The van der Waals surface area contributed by atoms with Gasteiger partial charge in [-0.25, -0.2) is 0 Å². The molecule has 4 rings (SSSR count). The molecule has 0 aromatic heterocycles. The molecule has 26 heavy (non-hydrogen) atoms. The molecule has 0 saturated carbocycles. The monoisotopic (exact) mass is 358 g/mol. The SMILES string of the molecule is O[C@@H]1[C@@H](O)[C@H](OCc2ccccc2)O[C@H]2CO[C@H](c3ccccc3)O[C@H]12. The first kappa shape index (κ1) is 17.6. The van der Waals surface area contributed by atoms with Gasteiger partial charge in [0.15, 0.2) is 12.6 Å². The zero-order valence-corrected chi connectivity index (χ0v) is 14.2. The average Bonchev–Trinajstić information content (AvgIpc) is 2.71. The molecule has 2 aliphatic heterocycles. The van der Waals surface area contributed by atoms with Crippen LogP contribution in [0, 0.1) is 0 Å². The number of hydrogen-bond acceptors (Lipinski definition) is 6. The Morgan fingerprint density at radius 3 is 2.31 bits per heavy atom. The Morgan fingerprint density at radius 2 is 1.58 bits per heavy atom. The molecule has 0 aliphatic carbocycles. The predicted molar refractivity (Wildman–Crippen MR) is 91.9 cm³/mol. The second-order valence-corrected chi connectivity index (χ2v) is 6.50. The molecule has 0 radical (unpaired) electrons. The fraction of sp³-hybridized carbons (Fsp3) is 0.400. The lowest BCUT2D eigenvalue weighted by molar-refractivity contribution is -0.362. The zero-order chi connectivity index (χ0) is 17.9. The summed E-state index contributed by atoms with van der Waals surface area (Å²) in [6.45, 7) is 0.528. The second kappa shape index (κ2) is 7.84. The van der Waals surface area contributed by atoms with Crippen LogP contribution in [0.5, 0.6) is 0 Å². The van der Waals surface area contributed by atoms with Gasteiger partial charge in [0.05, 0.1) is 13.2 Å². The summed E-state index contributed by atoms with van der Waals surface area (Å²) in [5.74, 6) is 0. The minimum absolute atomic E-state index is 0.249. The third-order valence-corrected chi connectivity index (χ3v) is 4.66. The molecule has 6 heteroatoms. The summed E-state index contributed by atoms with van der Waals surface area (Å²) in [5.41, 5.74) is 1.82. The van der Waals surface area contributed by atoms with Gasteiger partial charge < -0.3 is 29.2 Å². The van der Waals surface area contributed by atoms with E-state index in [2.05, 4.69) is 0 Å². The lowest BCUT2D eigenvalue weighted by Crippen LogP contribution is -2.62. The molecule has 2 aliphatic rings. The van der Waals surface area contributed by atoms with E-state index >= 15 is 0 Å². The molecule has 0 amide bonds. The van der Waals surface area contributed by atoms with Crippen molar-refractivity contribution in [2.45, 2.75) is 43.6 Å². The van der Waals surface area contributed by atoms with E-state index in [0.717, 1.165) is 11.1 Å². The van der Waals surface area contributed by atoms with Crippen molar-refractivity contribution in [3.8, 4) is 0 Å². The zero-order valence-electron chi connectivity index (χ0n) is 14.2. The van der Waals surface area contributed by atoms with Crippen molar-refractivity contribution in [1.82, 2.24) is 0 Å². The number of hydrogen-bond donors (Lipinski definition) is 2. The van der Waals surface area contributed by atoms with Crippen molar-refractivity contribution in [3.05, 3.63) is 71.8 Å². The Balaban J connectivity index is 1.40. The maximum absolute atomic E-state index is 10.5. The molecule has 0 unspecified atom stereocenters. The first-order chi connectivity index (χ1) is 12.7. The van der Waals surface area contributed by atoms with Gasteiger partial charge in [-0.15, -0.1) is 0 Å². The predicted octanol–water partition coefficient (Wildman–Crippen LogP) is 1.76. The van der Waals surface area contributed by atoms with Crippen LogP contribution in [0.3, 0.4) is 0 Å². The molecule has 0 spiro atoms. The first-order valence-electron chi connectivity index (χ1n) is 8.71. The van der Waals surface area contributed by atoms with Crippen LogP contribution >= 0.6 is 0 Å². The molecule has 6 nitrogen and oxygen atoms in total. The van der Waals surface area contributed by atoms with Crippen LogP contribution in [0.25, 0.3) is 0 Å². The highest BCUT2D eigenvalue weighted by Gasteiger charge is 2.49. The van der Waals surface area contributed by atoms with E-state index in [0.29, 0.717) is 0 Å². The summed E-state index contributed by atoms with van der Waals surface area (Å²) < 4.78 is 23.1. The molecular formula is C20H22O6. The summed E-state index contributed by atoms with van der Waals surface area (Å²) in [7, 11) is 0. The van der Waals surface area contributed by atoms with Crippen LogP contribution < -0.4 is 0 Å². The van der Waals surface area contributed by atoms with E-state index in [1.165, 1.54) is 0 Å². The van der Waals surface area contributed by atoms with Crippen molar-refractivity contribution in [3.63, 3.8) is 0 Å². The molecule has 0 bridgehead atoms. The van der Waals surface area contributed by atoms with E-state index in [1.807, 2.05) is 60.7 Å². The largest absolute Gasteiger partial charge is 0.387 e. The Hall–Kier alpha value is -1.80. The standard InChI is InChI=1S/C20H22O6/c21-16-17(22)20(23-11-13-7-3-1-4-8-13)25-15-12-24-19(26-18(15)16)14-9-5-2-6-10-14/h1-10,15-22H,11-12H2/t15-,16+,17+,18-,19-,20+/m0/s1. The smallest absolute Gasteiger partial charge is 0.187 e. The summed E-state index contributed by atoms with van der Waals surface area (Å²) in [6, 6.07) is 19.1. The number of ether oxygens (including phenoxy) is 4. The number of aliphatic hydroxyl groups is 2. The number of rotatable bonds is 4. The van der Waals surface area contributed by atoms with Gasteiger partial charge >= 0.3 is 0 Å². The van der Waals surface area contributed by atoms with Gasteiger partial charge in [0, 0.05) is 5.56 Å². The number of benzene rings is 2. The highest BCUT2D eigenvalue weighted by Crippen LogP contribution is 2.34. The van der Waals surface area contributed by atoms with Crippen molar-refractivity contribution in [1.29, 1.82) is 0 Å². The summed E-state index contributed by atoms with van der Waals surface area (Å²) >= 11 is 0. The molecule has 2 aromatic carbocycles.